The van der Waals surface area contributed by atoms with Crippen LogP contribution in [0.3, 0.4) is 0 Å². The number of benzene rings is 2. The molecule has 0 radical (unpaired) electrons. The van der Waals surface area contributed by atoms with E-state index >= 15 is 0 Å². The quantitative estimate of drug-likeness (QED) is 0.877. The maximum atomic E-state index is 11.2. The van der Waals surface area contributed by atoms with Gasteiger partial charge in [-0.1, -0.05) is 30.3 Å². The SMILES string of the molecule is CC(=O)c1ccc(O[C@H]2C=Cc3ccccc3C2O)cc1. The van der Waals surface area contributed by atoms with Gasteiger partial charge in [0.2, 0.25) is 0 Å². The molecule has 0 saturated heterocycles. The second kappa shape index (κ2) is 5.54. The lowest BCUT2D eigenvalue weighted by Crippen LogP contribution is -2.25. The molecule has 0 heterocycles. The van der Waals surface area contributed by atoms with Gasteiger partial charge in [-0.15, -0.1) is 0 Å². The summed E-state index contributed by atoms with van der Waals surface area (Å²) in [7, 11) is 0. The van der Waals surface area contributed by atoms with Crippen molar-refractivity contribution in [2.75, 3.05) is 0 Å². The molecule has 0 bridgehead atoms. The summed E-state index contributed by atoms with van der Waals surface area (Å²) in [5, 5.41) is 10.4. The van der Waals surface area contributed by atoms with Crippen molar-refractivity contribution in [2.24, 2.45) is 0 Å². The fourth-order valence-electron chi connectivity index (χ4n) is 2.44. The van der Waals surface area contributed by atoms with Crippen LogP contribution in [0.15, 0.2) is 54.6 Å². The van der Waals surface area contributed by atoms with Crippen LogP contribution in [0, 0.1) is 0 Å². The number of ketones is 1. The van der Waals surface area contributed by atoms with Crippen molar-refractivity contribution in [3.8, 4) is 5.75 Å². The lowest BCUT2D eigenvalue weighted by molar-refractivity contribution is 0.0623. The van der Waals surface area contributed by atoms with Gasteiger partial charge in [-0.25, -0.2) is 0 Å². The van der Waals surface area contributed by atoms with E-state index in [9.17, 15) is 9.90 Å². The van der Waals surface area contributed by atoms with Gasteiger partial charge in [0.05, 0.1) is 0 Å². The fraction of sp³-hybridized carbons (Fsp3) is 0.167. The number of hydrogen-bond acceptors (Lipinski definition) is 3. The molecule has 3 heteroatoms. The van der Waals surface area contributed by atoms with Crippen LogP contribution in [0.5, 0.6) is 5.75 Å². The van der Waals surface area contributed by atoms with Gasteiger partial charge in [0, 0.05) is 5.56 Å². The summed E-state index contributed by atoms with van der Waals surface area (Å²) in [5.41, 5.74) is 2.52. The Kier molecular flexibility index (Phi) is 3.59. The average molecular weight is 280 g/mol. The zero-order chi connectivity index (χ0) is 14.8. The van der Waals surface area contributed by atoms with E-state index in [0.717, 1.165) is 11.1 Å². The number of ether oxygens (including phenoxy) is 1. The lowest BCUT2D eigenvalue weighted by atomic mass is 9.93. The van der Waals surface area contributed by atoms with Gasteiger partial charge >= 0.3 is 0 Å². The van der Waals surface area contributed by atoms with Gasteiger partial charge in [-0.05, 0) is 48.4 Å². The van der Waals surface area contributed by atoms with Crippen LogP contribution in [0.25, 0.3) is 6.08 Å². The summed E-state index contributed by atoms with van der Waals surface area (Å²) in [5.74, 6) is 0.654. The molecule has 21 heavy (non-hydrogen) atoms. The van der Waals surface area contributed by atoms with E-state index in [0.29, 0.717) is 11.3 Å². The molecule has 0 fully saturated rings. The predicted octanol–water partition coefficient (Wildman–Crippen LogP) is 3.40. The normalized spacial score (nSPS) is 19.9. The van der Waals surface area contributed by atoms with Crippen molar-refractivity contribution in [3.63, 3.8) is 0 Å². The standard InChI is InChI=1S/C18H16O3/c1-12(19)13-6-9-15(10-7-13)21-17-11-8-14-4-2-3-5-16(14)18(17)20/h2-11,17-18,20H,1H3/t17-,18?/m0/s1. The molecular formula is C18H16O3. The highest BCUT2D eigenvalue weighted by molar-refractivity contribution is 5.94. The number of aliphatic hydroxyl groups excluding tert-OH is 1. The van der Waals surface area contributed by atoms with Crippen molar-refractivity contribution in [1.82, 2.24) is 0 Å². The molecule has 1 aliphatic carbocycles. The van der Waals surface area contributed by atoms with Crippen molar-refractivity contribution in [2.45, 2.75) is 19.1 Å². The second-order valence-corrected chi connectivity index (χ2v) is 5.10. The smallest absolute Gasteiger partial charge is 0.159 e. The maximum absolute atomic E-state index is 11.2. The van der Waals surface area contributed by atoms with E-state index < -0.39 is 12.2 Å². The molecule has 0 aliphatic heterocycles. The highest BCUT2D eigenvalue weighted by atomic mass is 16.5. The van der Waals surface area contributed by atoms with E-state index in [-0.39, 0.29) is 5.78 Å². The third-order valence-corrected chi connectivity index (χ3v) is 3.62. The Bertz CT molecular complexity index is 686. The monoisotopic (exact) mass is 280 g/mol. The second-order valence-electron chi connectivity index (χ2n) is 5.10. The molecule has 2 aromatic rings. The number of hydrogen-bond donors (Lipinski definition) is 1. The topological polar surface area (TPSA) is 46.5 Å². The van der Waals surface area contributed by atoms with Gasteiger partial charge in [-0.3, -0.25) is 4.79 Å². The van der Waals surface area contributed by atoms with Gasteiger partial charge in [0.1, 0.15) is 18.0 Å². The summed E-state index contributed by atoms with van der Waals surface area (Å²) < 4.78 is 5.81. The molecule has 0 spiro atoms. The third-order valence-electron chi connectivity index (χ3n) is 3.62. The fourth-order valence-corrected chi connectivity index (χ4v) is 2.44. The van der Waals surface area contributed by atoms with E-state index in [4.69, 9.17) is 4.74 Å². The lowest BCUT2D eigenvalue weighted by Gasteiger charge is -2.26. The van der Waals surface area contributed by atoms with E-state index in [2.05, 4.69) is 0 Å². The summed E-state index contributed by atoms with van der Waals surface area (Å²) in [4.78, 5) is 11.2. The summed E-state index contributed by atoms with van der Waals surface area (Å²) in [6.45, 7) is 1.53. The molecule has 0 aromatic heterocycles. The molecular weight excluding hydrogens is 264 g/mol. The van der Waals surface area contributed by atoms with E-state index in [1.165, 1.54) is 6.92 Å². The van der Waals surface area contributed by atoms with Gasteiger partial charge < -0.3 is 9.84 Å². The molecule has 1 N–H and O–H groups in total. The van der Waals surface area contributed by atoms with Crippen molar-refractivity contribution in [3.05, 3.63) is 71.3 Å². The molecule has 2 atom stereocenters. The van der Waals surface area contributed by atoms with Crippen LogP contribution in [-0.2, 0) is 0 Å². The minimum atomic E-state index is -0.696. The third kappa shape index (κ3) is 2.73. The van der Waals surface area contributed by atoms with Gasteiger partial charge in [0.15, 0.2) is 5.78 Å². The molecule has 0 amide bonds. The number of Topliss-reactive ketones (excluding diaryl/α,β-unsaturated/α-hetero) is 1. The van der Waals surface area contributed by atoms with Gasteiger partial charge in [-0.2, -0.15) is 0 Å². The highest BCUT2D eigenvalue weighted by Crippen LogP contribution is 2.30. The maximum Gasteiger partial charge on any atom is 0.159 e. The molecule has 1 aliphatic rings. The first-order chi connectivity index (χ1) is 10.1. The first-order valence-electron chi connectivity index (χ1n) is 6.88. The van der Waals surface area contributed by atoms with Crippen LogP contribution >= 0.6 is 0 Å². The van der Waals surface area contributed by atoms with Crippen molar-refractivity contribution < 1.29 is 14.6 Å². The summed E-state index contributed by atoms with van der Waals surface area (Å²) in [6, 6.07) is 14.7. The predicted molar refractivity (Wildman–Crippen MR) is 81.3 cm³/mol. The minimum Gasteiger partial charge on any atom is -0.483 e. The number of aliphatic hydroxyl groups is 1. The van der Waals surface area contributed by atoms with Crippen LogP contribution in [0.1, 0.15) is 34.5 Å². The largest absolute Gasteiger partial charge is 0.483 e. The Hall–Kier alpha value is -2.39. The van der Waals surface area contributed by atoms with Crippen molar-refractivity contribution in [1.29, 1.82) is 0 Å². The number of fused-ring (bicyclic) bond motifs is 1. The summed E-state index contributed by atoms with van der Waals surface area (Å²) in [6.07, 6.45) is 2.68. The molecule has 1 unspecified atom stereocenters. The number of rotatable bonds is 3. The first-order valence-corrected chi connectivity index (χ1v) is 6.88. The zero-order valence-corrected chi connectivity index (χ0v) is 11.7. The minimum absolute atomic E-state index is 0.0214. The van der Waals surface area contributed by atoms with E-state index in [1.54, 1.807) is 24.3 Å². The average Bonchev–Trinajstić information content (AvgIpc) is 2.51. The highest BCUT2D eigenvalue weighted by Gasteiger charge is 2.25. The first kappa shape index (κ1) is 13.6. The van der Waals surface area contributed by atoms with Gasteiger partial charge in [0.25, 0.3) is 0 Å². The van der Waals surface area contributed by atoms with Crippen LogP contribution < -0.4 is 4.74 Å². The van der Waals surface area contributed by atoms with E-state index in [1.807, 2.05) is 36.4 Å². The Labute approximate surface area is 123 Å². The van der Waals surface area contributed by atoms with Crippen LogP contribution in [0.4, 0.5) is 0 Å². The zero-order valence-electron chi connectivity index (χ0n) is 11.7. The molecule has 0 saturated carbocycles. The van der Waals surface area contributed by atoms with Crippen LogP contribution in [0.2, 0.25) is 0 Å². The van der Waals surface area contributed by atoms with Crippen molar-refractivity contribution >= 4 is 11.9 Å². The summed E-state index contributed by atoms with van der Waals surface area (Å²) >= 11 is 0. The Morgan fingerprint density at radius 1 is 1.10 bits per heavy atom. The molecule has 106 valence electrons. The Balaban J connectivity index is 1.79. The Morgan fingerprint density at radius 2 is 1.81 bits per heavy atom. The molecule has 2 aromatic carbocycles. The number of carbonyl (C=O) groups is 1. The molecule has 3 nitrogen and oxygen atoms in total. The number of carbonyl (C=O) groups excluding carboxylic acids is 1. The molecule has 3 rings (SSSR count). The Morgan fingerprint density at radius 3 is 2.52 bits per heavy atom. The van der Waals surface area contributed by atoms with Crippen LogP contribution in [-0.4, -0.2) is 17.0 Å².